The van der Waals surface area contributed by atoms with Crippen molar-refractivity contribution in [3.8, 4) is 17.2 Å². The molecule has 9 nitrogen and oxygen atoms in total. The topological polar surface area (TPSA) is 104 Å². The summed E-state index contributed by atoms with van der Waals surface area (Å²) in [7, 11) is 4.54. The normalized spacial score (nSPS) is 11.0. The number of carbonyl (C=O) groups excluding carboxylic acids is 1. The maximum atomic E-state index is 12.9. The summed E-state index contributed by atoms with van der Waals surface area (Å²) < 4.78 is 17.4. The predicted octanol–water partition coefficient (Wildman–Crippen LogP) is 2.99. The molecule has 0 fully saturated rings. The van der Waals surface area contributed by atoms with Gasteiger partial charge in [-0.2, -0.15) is 10.2 Å². The maximum absolute atomic E-state index is 12.9. The van der Waals surface area contributed by atoms with Crippen LogP contribution in [-0.4, -0.2) is 43.2 Å². The molecular weight excluding hydrogens is 412 g/mol. The van der Waals surface area contributed by atoms with Gasteiger partial charge in [-0.1, -0.05) is 31.5 Å². The van der Waals surface area contributed by atoms with Crippen molar-refractivity contribution in [1.29, 1.82) is 0 Å². The summed E-state index contributed by atoms with van der Waals surface area (Å²) in [6, 6.07) is 10.4. The molecule has 168 valence electrons. The van der Waals surface area contributed by atoms with Crippen molar-refractivity contribution < 1.29 is 19.0 Å². The number of benzene rings is 2. The molecule has 9 heteroatoms. The third-order valence-corrected chi connectivity index (χ3v) is 4.91. The Morgan fingerprint density at radius 3 is 2.44 bits per heavy atom. The molecule has 0 bridgehead atoms. The van der Waals surface area contributed by atoms with E-state index in [1.165, 1.54) is 32.2 Å². The molecular formula is C23H26N4O5. The van der Waals surface area contributed by atoms with Gasteiger partial charge in [-0.25, -0.2) is 10.1 Å². The molecule has 32 heavy (non-hydrogen) atoms. The van der Waals surface area contributed by atoms with Gasteiger partial charge in [0.2, 0.25) is 5.75 Å². The standard InChI is InChI=1S/C23H26N4O5/c1-5-6-13-27-23(29)17-10-8-7-9-16(17)19(26-27)22(28)25-24-14-15-11-12-18(30-2)21(32-4)20(15)31-3/h7-12,14H,5-6,13H2,1-4H3,(H,25,28)/b24-14+. The monoisotopic (exact) mass is 438 g/mol. The molecule has 0 atom stereocenters. The summed E-state index contributed by atoms with van der Waals surface area (Å²) in [5.74, 6) is 0.820. The lowest BCUT2D eigenvalue weighted by Gasteiger charge is -2.13. The van der Waals surface area contributed by atoms with E-state index in [2.05, 4.69) is 15.6 Å². The number of methoxy groups -OCH3 is 3. The molecule has 2 aromatic carbocycles. The number of rotatable bonds is 9. The van der Waals surface area contributed by atoms with Crippen molar-refractivity contribution in [3.05, 3.63) is 58.0 Å². The Morgan fingerprint density at radius 1 is 1.06 bits per heavy atom. The minimum Gasteiger partial charge on any atom is -0.493 e. The molecule has 3 rings (SSSR count). The second-order valence-corrected chi connectivity index (χ2v) is 6.90. The highest BCUT2D eigenvalue weighted by atomic mass is 16.5. The molecule has 0 saturated carbocycles. The average molecular weight is 438 g/mol. The van der Waals surface area contributed by atoms with Crippen LogP contribution >= 0.6 is 0 Å². The average Bonchev–Trinajstić information content (AvgIpc) is 2.83. The lowest BCUT2D eigenvalue weighted by Crippen LogP contribution is -2.29. The Hall–Kier alpha value is -3.88. The van der Waals surface area contributed by atoms with Crippen LogP contribution in [0.25, 0.3) is 10.8 Å². The molecule has 0 aliphatic heterocycles. The number of nitrogens with one attached hydrogen (secondary N) is 1. The first-order chi connectivity index (χ1) is 15.5. The van der Waals surface area contributed by atoms with Crippen LogP contribution in [0.5, 0.6) is 17.2 Å². The molecule has 1 heterocycles. The van der Waals surface area contributed by atoms with Gasteiger partial charge in [0.1, 0.15) is 0 Å². The van der Waals surface area contributed by atoms with Crippen LogP contribution in [0.1, 0.15) is 35.8 Å². The van der Waals surface area contributed by atoms with Gasteiger partial charge >= 0.3 is 0 Å². The first-order valence-corrected chi connectivity index (χ1v) is 10.2. The van der Waals surface area contributed by atoms with E-state index in [4.69, 9.17) is 14.2 Å². The van der Waals surface area contributed by atoms with Gasteiger partial charge < -0.3 is 14.2 Å². The minimum atomic E-state index is -0.526. The fourth-order valence-corrected chi connectivity index (χ4v) is 3.30. The maximum Gasteiger partial charge on any atom is 0.292 e. The van der Waals surface area contributed by atoms with E-state index in [-0.39, 0.29) is 11.3 Å². The Bertz CT molecular complexity index is 1200. The number of ether oxygens (including phenoxy) is 3. The van der Waals surface area contributed by atoms with Gasteiger partial charge in [0.15, 0.2) is 17.2 Å². The highest BCUT2D eigenvalue weighted by Crippen LogP contribution is 2.38. The van der Waals surface area contributed by atoms with Crippen LogP contribution in [0.15, 0.2) is 46.3 Å². The highest BCUT2D eigenvalue weighted by Gasteiger charge is 2.17. The number of hydrogen-bond acceptors (Lipinski definition) is 7. The van der Waals surface area contributed by atoms with Crippen LogP contribution in [0.2, 0.25) is 0 Å². The van der Waals surface area contributed by atoms with Crippen molar-refractivity contribution in [3.63, 3.8) is 0 Å². The van der Waals surface area contributed by atoms with Crippen LogP contribution in [-0.2, 0) is 6.54 Å². The van der Waals surface area contributed by atoms with Crippen LogP contribution in [0.3, 0.4) is 0 Å². The zero-order chi connectivity index (χ0) is 23.1. The number of nitrogens with zero attached hydrogens (tertiary/aromatic N) is 3. The van der Waals surface area contributed by atoms with E-state index in [1.807, 2.05) is 6.92 Å². The molecule has 0 aliphatic carbocycles. The lowest BCUT2D eigenvalue weighted by atomic mass is 10.1. The summed E-state index contributed by atoms with van der Waals surface area (Å²) in [4.78, 5) is 25.6. The molecule has 0 unspecified atom stereocenters. The zero-order valence-corrected chi connectivity index (χ0v) is 18.5. The fourth-order valence-electron chi connectivity index (χ4n) is 3.30. The van der Waals surface area contributed by atoms with Crippen molar-refractivity contribution in [2.75, 3.05) is 21.3 Å². The number of fused-ring (bicyclic) bond motifs is 1. The van der Waals surface area contributed by atoms with Crippen molar-refractivity contribution in [2.45, 2.75) is 26.3 Å². The van der Waals surface area contributed by atoms with Gasteiger partial charge in [-0.05, 0) is 24.6 Å². The zero-order valence-electron chi connectivity index (χ0n) is 18.5. The summed E-state index contributed by atoms with van der Waals surface area (Å²) in [5, 5.41) is 9.27. The quantitative estimate of drug-likeness (QED) is 0.407. The van der Waals surface area contributed by atoms with Crippen molar-refractivity contribution >= 4 is 22.9 Å². The van der Waals surface area contributed by atoms with Gasteiger partial charge in [0.25, 0.3) is 11.5 Å². The van der Waals surface area contributed by atoms with Crippen LogP contribution in [0, 0.1) is 0 Å². The molecule has 0 saturated heterocycles. The summed E-state index contributed by atoms with van der Waals surface area (Å²) in [6.07, 6.45) is 3.12. The van der Waals surface area contributed by atoms with Gasteiger partial charge in [-0.15, -0.1) is 0 Å². The SMILES string of the molecule is CCCCn1nc(C(=O)N/N=C/c2ccc(OC)c(OC)c2OC)c2ccccc2c1=O. The smallest absolute Gasteiger partial charge is 0.292 e. The van der Waals surface area contributed by atoms with E-state index < -0.39 is 5.91 Å². The van der Waals surface area contributed by atoms with E-state index in [1.54, 1.807) is 36.4 Å². The van der Waals surface area contributed by atoms with Gasteiger partial charge in [0, 0.05) is 17.5 Å². The van der Waals surface area contributed by atoms with Gasteiger partial charge in [-0.3, -0.25) is 9.59 Å². The van der Waals surface area contributed by atoms with E-state index in [0.717, 1.165) is 12.8 Å². The molecule has 0 spiro atoms. The summed E-state index contributed by atoms with van der Waals surface area (Å²) in [5.41, 5.74) is 2.98. The number of aromatic nitrogens is 2. The molecule has 0 radical (unpaired) electrons. The number of carbonyl (C=O) groups is 1. The fraction of sp³-hybridized carbons (Fsp3) is 0.304. The minimum absolute atomic E-state index is 0.132. The first kappa shape index (κ1) is 22.8. The Morgan fingerprint density at radius 2 is 1.78 bits per heavy atom. The number of amides is 1. The third-order valence-electron chi connectivity index (χ3n) is 4.91. The van der Waals surface area contributed by atoms with Gasteiger partial charge in [0.05, 0.1) is 32.9 Å². The summed E-state index contributed by atoms with van der Waals surface area (Å²) in [6.45, 7) is 2.46. The number of aryl methyl sites for hydroxylation is 1. The molecule has 0 aliphatic rings. The van der Waals surface area contributed by atoms with E-state index >= 15 is 0 Å². The van der Waals surface area contributed by atoms with Crippen molar-refractivity contribution in [2.24, 2.45) is 5.10 Å². The number of unbranched alkanes of at least 4 members (excludes halogenated alkanes) is 1. The van der Waals surface area contributed by atoms with E-state index in [0.29, 0.717) is 40.1 Å². The highest BCUT2D eigenvalue weighted by molar-refractivity contribution is 6.05. The molecule has 3 aromatic rings. The Labute approximate surface area is 185 Å². The largest absolute Gasteiger partial charge is 0.493 e. The first-order valence-electron chi connectivity index (χ1n) is 10.2. The second kappa shape index (κ2) is 10.4. The lowest BCUT2D eigenvalue weighted by molar-refractivity contribution is 0.0949. The second-order valence-electron chi connectivity index (χ2n) is 6.90. The molecule has 1 N–H and O–H groups in total. The van der Waals surface area contributed by atoms with Crippen LogP contribution in [0.4, 0.5) is 0 Å². The Kier molecular flexibility index (Phi) is 7.43. The molecule has 1 amide bonds. The van der Waals surface area contributed by atoms with E-state index in [9.17, 15) is 9.59 Å². The third kappa shape index (κ3) is 4.56. The summed E-state index contributed by atoms with van der Waals surface area (Å²) >= 11 is 0. The predicted molar refractivity (Wildman–Crippen MR) is 122 cm³/mol. The Balaban J connectivity index is 1.92. The van der Waals surface area contributed by atoms with Crippen LogP contribution < -0.4 is 25.2 Å². The number of hydrazone groups is 1. The van der Waals surface area contributed by atoms with Crippen molar-refractivity contribution in [1.82, 2.24) is 15.2 Å². The molecule has 1 aromatic heterocycles. The number of hydrogen-bond donors (Lipinski definition) is 1.